The van der Waals surface area contributed by atoms with E-state index in [1.165, 1.54) is 17.5 Å². The van der Waals surface area contributed by atoms with Crippen LogP contribution in [0.3, 0.4) is 0 Å². The highest BCUT2D eigenvalue weighted by atomic mass is 35.5. The highest BCUT2D eigenvalue weighted by Gasteiger charge is 2.27. The van der Waals surface area contributed by atoms with E-state index in [1.807, 2.05) is 0 Å². The zero-order valence-corrected chi connectivity index (χ0v) is 13.2. The number of halogens is 1. The van der Waals surface area contributed by atoms with Crippen LogP contribution in [0.2, 0.25) is 0 Å². The molecular weight excluding hydrogens is 284 g/mol. The van der Waals surface area contributed by atoms with Crippen LogP contribution in [0.25, 0.3) is 0 Å². The third-order valence-electron chi connectivity index (χ3n) is 4.88. The van der Waals surface area contributed by atoms with Gasteiger partial charge >= 0.3 is 0 Å². The Morgan fingerprint density at radius 2 is 1.95 bits per heavy atom. The van der Waals surface area contributed by atoms with E-state index in [-0.39, 0.29) is 24.4 Å². The van der Waals surface area contributed by atoms with Crippen molar-refractivity contribution in [3.05, 3.63) is 35.4 Å². The molecule has 2 aliphatic rings. The van der Waals surface area contributed by atoms with Gasteiger partial charge in [-0.15, -0.1) is 12.4 Å². The Morgan fingerprint density at radius 3 is 2.67 bits per heavy atom. The highest BCUT2D eigenvalue weighted by Crippen LogP contribution is 2.27. The molecule has 0 saturated heterocycles. The molecule has 1 fully saturated rings. The SMILES string of the molecule is Cl.N[C@@H]1CCC[C@H]1CC(=O)NC1CCc2ccccc2C1. The number of benzene rings is 1. The van der Waals surface area contributed by atoms with Gasteiger partial charge in [0.15, 0.2) is 0 Å². The minimum absolute atomic E-state index is 0. The maximum atomic E-state index is 12.2. The lowest BCUT2D eigenvalue weighted by atomic mass is 9.88. The summed E-state index contributed by atoms with van der Waals surface area (Å²) >= 11 is 0. The molecule has 116 valence electrons. The number of aryl methyl sites for hydroxylation is 1. The average molecular weight is 309 g/mol. The van der Waals surface area contributed by atoms with Gasteiger partial charge in [-0.1, -0.05) is 30.7 Å². The maximum absolute atomic E-state index is 12.2. The summed E-state index contributed by atoms with van der Waals surface area (Å²) in [4.78, 5) is 12.2. The van der Waals surface area contributed by atoms with Crippen LogP contribution in [0, 0.1) is 5.92 Å². The first kappa shape index (κ1) is 16.3. The summed E-state index contributed by atoms with van der Waals surface area (Å²) in [5, 5.41) is 3.21. The molecule has 0 radical (unpaired) electrons. The van der Waals surface area contributed by atoms with Gasteiger partial charge in [0, 0.05) is 18.5 Å². The second-order valence-corrected chi connectivity index (χ2v) is 6.33. The minimum atomic E-state index is 0. The molecule has 0 bridgehead atoms. The summed E-state index contributed by atoms with van der Waals surface area (Å²) in [7, 11) is 0. The van der Waals surface area contributed by atoms with Gasteiger partial charge in [-0.3, -0.25) is 4.79 Å². The molecule has 1 saturated carbocycles. The number of nitrogens with two attached hydrogens (primary N) is 1. The van der Waals surface area contributed by atoms with Gasteiger partial charge in [-0.05, 0) is 49.1 Å². The molecule has 4 heteroatoms. The number of hydrogen-bond donors (Lipinski definition) is 2. The molecule has 1 aromatic carbocycles. The largest absolute Gasteiger partial charge is 0.353 e. The van der Waals surface area contributed by atoms with Crippen molar-refractivity contribution < 1.29 is 4.79 Å². The molecule has 3 atom stereocenters. The summed E-state index contributed by atoms with van der Waals surface area (Å²) in [6.45, 7) is 0. The van der Waals surface area contributed by atoms with Crippen LogP contribution < -0.4 is 11.1 Å². The third-order valence-corrected chi connectivity index (χ3v) is 4.88. The lowest BCUT2D eigenvalue weighted by molar-refractivity contribution is -0.122. The van der Waals surface area contributed by atoms with Crippen molar-refractivity contribution >= 4 is 18.3 Å². The Kier molecular flexibility index (Phi) is 5.65. The molecule has 3 N–H and O–H groups in total. The molecule has 3 rings (SSSR count). The normalized spacial score (nSPS) is 27.6. The zero-order chi connectivity index (χ0) is 13.9. The van der Waals surface area contributed by atoms with E-state index in [9.17, 15) is 4.79 Å². The number of carbonyl (C=O) groups is 1. The number of amides is 1. The number of hydrogen-bond acceptors (Lipinski definition) is 2. The molecule has 2 aliphatic carbocycles. The standard InChI is InChI=1S/C17H24N2O.ClH/c18-16-7-3-6-14(16)11-17(20)19-15-9-8-12-4-1-2-5-13(12)10-15;/h1-2,4-5,14-16H,3,6-11,18H2,(H,19,20);1H/t14-,15?,16+;/m0./s1. The summed E-state index contributed by atoms with van der Waals surface area (Å²) in [6.07, 6.45) is 7.08. The van der Waals surface area contributed by atoms with Crippen molar-refractivity contribution in [2.45, 2.75) is 57.0 Å². The fourth-order valence-electron chi connectivity index (χ4n) is 3.66. The second kappa shape index (κ2) is 7.28. The van der Waals surface area contributed by atoms with E-state index in [1.54, 1.807) is 0 Å². The molecule has 0 aliphatic heterocycles. The van der Waals surface area contributed by atoms with E-state index in [2.05, 4.69) is 29.6 Å². The zero-order valence-electron chi connectivity index (χ0n) is 12.4. The number of fused-ring (bicyclic) bond motifs is 1. The summed E-state index contributed by atoms with van der Waals surface area (Å²) in [6, 6.07) is 9.09. The first-order valence-corrected chi connectivity index (χ1v) is 7.84. The van der Waals surface area contributed by atoms with E-state index < -0.39 is 0 Å². The predicted octanol–water partition coefficient (Wildman–Crippen LogP) is 2.60. The van der Waals surface area contributed by atoms with Crippen LogP contribution in [0.1, 0.15) is 43.2 Å². The van der Waals surface area contributed by atoms with Gasteiger partial charge in [0.2, 0.25) is 5.91 Å². The van der Waals surface area contributed by atoms with Crippen LogP contribution in [-0.2, 0) is 17.6 Å². The maximum Gasteiger partial charge on any atom is 0.220 e. The van der Waals surface area contributed by atoms with Crippen molar-refractivity contribution in [2.75, 3.05) is 0 Å². The first-order valence-electron chi connectivity index (χ1n) is 7.84. The predicted molar refractivity (Wildman–Crippen MR) is 87.6 cm³/mol. The molecule has 0 heterocycles. The van der Waals surface area contributed by atoms with E-state index in [0.29, 0.717) is 18.4 Å². The number of rotatable bonds is 3. The van der Waals surface area contributed by atoms with E-state index in [0.717, 1.165) is 32.1 Å². The van der Waals surface area contributed by atoms with Gasteiger partial charge in [0.1, 0.15) is 0 Å². The minimum Gasteiger partial charge on any atom is -0.353 e. The smallest absolute Gasteiger partial charge is 0.220 e. The van der Waals surface area contributed by atoms with Gasteiger partial charge < -0.3 is 11.1 Å². The quantitative estimate of drug-likeness (QED) is 0.902. The van der Waals surface area contributed by atoms with Crippen molar-refractivity contribution in [1.29, 1.82) is 0 Å². The lowest BCUT2D eigenvalue weighted by Crippen LogP contribution is -2.40. The second-order valence-electron chi connectivity index (χ2n) is 6.33. The highest BCUT2D eigenvalue weighted by molar-refractivity contribution is 5.85. The Hall–Kier alpha value is -1.06. The average Bonchev–Trinajstić information content (AvgIpc) is 2.84. The summed E-state index contributed by atoms with van der Waals surface area (Å²) < 4.78 is 0. The van der Waals surface area contributed by atoms with Gasteiger partial charge in [-0.25, -0.2) is 0 Å². The molecule has 0 aromatic heterocycles. The number of nitrogens with one attached hydrogen (secondary N) is 1. The Labute approximate surface area is 133 Å². The number of carbonyl (C=O) groups excluding carboxylic acids is 1. The topological polar surface area (TPSA) is 55.1 Å². The fraction of sp³-hybridized carbons (Fsp3) is 0.588. The molecular formula is C17H25ClN2O. The molecule has 3 nitrogen and oxygen atoms in total. The van der Waals surface area contributed by atoms with Crippen LogP contribution in [-0.4, -0.2) is 18.0 Å². The summed E-state index contributed by atoms with van der Waals surface area (Å²) in [5.41, 5.74) is 8.87. The molecule has 1 amide bonds. The van der Waals surface area contributed by atoms with Crippen LogP contribution in [0.5, 0.6) is 0 Å². The van der Waals surface area contributed by atoms with Crippen molar-refractivity contribution in [3.63, 3.8) is 0 Å². The summed E-state index contributed by atoms with van der Waals surface area (Å²) in [5.74, 6) is 0.586. The Bertz CT molecular complexity index is 491. The van der Waals surface area contributed by atoms with E-state index >= 15 is 0 Å². The monoisotopic (exact) mass is 308 g/mol. The van der Waals surface area contributed by atoms with Crippen LogP contribution in [0.15, 0.2) is 24.3 Å². The fourth-order valence-corrected chi connectivity index (χ4v) is 3.66. The van der Waals surface area contributed by atoms with Gasteiger partial charge in [-0.2, -0.15) is 0 Å². The van der Waals surface area contributed by atoms with Gasteiger partial charge in [0.25, 0.3) is 0 Å². The van der Waals surface area contributed by atoms with E-state index in [4.69, 9.17) is 5.73 Å². The van der Waals surface area contributed by atoms with Crippen molar-refractivity contribution in [3.8, 4) is 0 Å². The molecule has 1 unspecified atom stereocenters. The first-order chi connectivity index (χ1) is 9.72. The van der Waals surface area contributed by atoms with Crippen molar-refractivity contribution in [2.24, 2.45) is 11.7 Å². The third kappa shape index (κ3) is 3.98. The van der Waals surface area contributed by atoms with Crippen molar-refractivity contribution in [1.82, 2.24) is 5.32 Å². The van der Waals surface area contributed by atoms with Crippen LogP contribution >= 0.6 is 12.4 Å². The molecule has 0 spiro atoms. The van der Waals surface area contributed by atoms with Crippen LogP contribution in [0.4, 0.5) is 0 Å². The van der Waals surface area contributed by atoms with Gasteiger partial charge in [0.05, 0.1) is 0 Å². The molecule has 1 aromatic rings. The Morgan fingerprint density at radius 1 is 1.19 bits per heavy atom. The lowest BCUT2D eigenvalue weighted by Gasteiger charge is -2.26. The molecule has 21 heavy (non-hydrogen) atoms. The Balaban J connectivity index is 0.00000161.